The third-order valence-corrected chi connectivity index (χ3v) is 3.37. The Kier molecular flexibility index (Phi) is 3.76. The third kappa shape index (κ3) is 2.64. The molecule has 3 rings (SSSR count). The molecule has 0 aliphatic rings. The first-order valence-electron chi connectivity index (χ1n) is 6.41. The molecule has 22 heavy (non-hydrogen) atoms. The standard InChI is InChI=1S/C15H11ClN4O2/c16-12-7-3-1-5-10(12)9-17-19-15-18-13-8-4-2-6-11(13)14(21)20(15)22/h1-9,22H,(H,18,19)/b17-9-. The minimum absolute atomic E-state index is 0.0768. The van der Waals surface area contributed by atoms with Crippen molar-refractivity contribution in [3.05, 3.63) is 69.5 Å². The van der Waals surface area contributed by atoms with Crippen LogP contribution in [0.5, 0.6) is 0 Å². The molecule has 2 aromatic carbocycles. The van der Waals surface area contributed by atoms with Gasteiger partial charge in [0.2, 0.25) is 0 Å². The summed E-state index contributed by atoms with van der Waals surface area (Å²) < 4.78 is 0.423. The molecule has 0 spiro atoms. The van der Waals surface area contributed by atoms with Crippen LogP contribution in [0.2, 0.25) is 5.02 Å². The molecule has 3 aromatic rings. The third-order valence-electron chi connectivity index (χ3n) is 3.03. The Morgan fingerprint density at radius 1 is 1.18 bits per heavy atom. The molecule has 0 unspecified atom stereocenters. The van der Waals surface area contributed by atoms with Crippen LogP contribution >= 0.6 is 11.6 Å². The largest absolute Gasteiger partial charge is 0.422 e. The van der Waals surface area contributed by atoms with E-state index < -0.39 is 5.56 Å². The fraction of sp³-hybridized carbons (Fsp3) is 0. The Balaban J connectivity index is 1.93. The fourth-order valence-electron chi connectivity index (χ4n) is 1.94. The number of halogens is 1. The van der Waals surface area contributed by atoms with Crippen molar-refractivity contribution in [3.63, 3.8) is 0 Å². The summed E-state index contributed by atoms with van der Waals surface area (Å²) in [5, 5.41) is 14.6. The van der Waals surface area contributed by atoms with Gasteiger partial charge in [0.1, 0.15) is 0 Å². The summed E-state index contributed by atoms with van der Waals surface area (Å²) in [5.41, 5.74) is 3.13. The van der Waals surface area contributed by atoms with Gasteiger partial charge in [-0.15, -0.1) is 4.73 Å². The zero-order valence-electron chi connectivity index (χ0n) is 11.3. The number of hydrogen-bond acceptors (Lipinski definition) is 5. The highest BCUT2D eigenvalue weighted by Gasteiger charge is 2.08. The Bertz CT molecular complexity index is 921. The maximum absolute atomic E-state index is 12.0. The maximum Gasteiger partial charge on any atom is 0.295 e. The van der Waals surface area contributed by atoms with Crippen molar-refractivity contribution in [3.8, 4) is 0 Å². The van der Waals surface area contributed by atoms with E-state index in [9.17, 15) is 10.0 Å². The first-order chi connectivity index (χ1) is 10.7. The molecule has 110 valence electrons. The smallest absolute Gasteiger partial charge is 0.295 e. The number of fused-ring (bicyclic) bond motifs is 1. The summed E-state index contributed by atoms with van der Waals surface area (Å²) in [7, 11) is 0. The molecule has 0 atom stereocenters. The minimum Gasteiger partial charge on any atom is -0.422 e. The molecule has 6 nitrogen and oxygen atoms in total. The zero-order chi connectivity index (χ0) is 15.5. The van der Waals surface area contributed by atoms with Crippen LogP contribution in [0.25, 0.3) is 10.9 Å². The highest BCUT2D eigenvalue weighted by atomic mass is 35.5. The van der Waals surface area contributed by atoms with E-state index in [2.05, 4.69) is 15.5 Å². The van der Waals surface area contributed by atoms with Gasteiger partial charge >= 0.3 is 0 Å². The van der Waals surface area contributed by atoms with Crippen LogP contribution in [-0.2, 0) is 0 Å². The van der Waals surface area contributed by atoms with Crippen LogP contribution in [0.4, 0.5) is 5.95 Å². The van der Waals surface area contributed by atoms with Crippen molar-refractivity contribution in [1.82, 2.24) is 9.71 Å². The van der Waals surface area contributed by atoms with Crippen molar-refractivity contribution in [2.75, 3.05) is 5.43 Å². The Hall–Kier alpha value is -2.86. The number of rotatable bonds is 3. The lowest BCUT2D eigenvalue weighted by molar-refractivity contribution is 0.179. The molecule has 1 heterocycles. The molecule has 0 radical (unpaired) electrons. The van der Waals surface area contributed by atoms with Gasteiger partial charge in [-0.1, -0.05) is 41.9 Å². The van der Waals surface area contributed by atoms with Crippen molar-refractivity contribution >= 4 is 34.7 Å². The zero-order valence-corrected chi connectivity index (χ0v) is 12.0. The molecular weight excluding hydrogens is 304 g/mol. The lowest BCUT2D eigenvalue weighted by atomic mass is 10.2. The van der Waals surface area contributed by atoms with Crippen molar-refractivity contribution in [2.45, 2.75) is 0 Å². The lowest BCUT2D eigenvalue weighted by Gasteiger charge is -2.06. The summed E-state index contributed by atoms with van der Waals surface area (Å²) in [5.74, 6) is -0.0768. The van der Waals surface area contributed by atoms with Gasteiger partial charge in [-0.05, 0) is 18.2 Å². The normalized spacial score (nSPS) is 11.1. The van der Waals surface area contributed by atoms with Crippen LogP contribution < -0.4 is 11.0 Å². The summed E-state index contributed by atoms with van der Waals surface area (Å²) in [6, 6.07) is 13.9. The fourth-order valence-corrected chi connectivity index (χ4v) is 2.12. The SMILES string of the molecule is O=c1c2ccccc2nc(N/N=C\c2ccccc2Cl)n1O. The summed E-state index contributed by atoms with van der Waals surface area (Å²) in [6.07, 6.45) is 1.48. The summed E-state index contributed by atoms with van der Waals surface area (Å²) in [6.45, 7) is 0. The van der Waals surface area contributed by atoms with Crippen LogP contribution in [0.3, 0.4) is 0 Å². The van der Waals surface area contributed by atoms with Crippen LogP contribution in [-0.4, -0.2) is 21.1 Å². The molecule has 7 heteroatoms. The Morgan fingerprint density at radius 2 is 1.91 bits per heavy atom. The first kappa shape index (κ1) is 14.1. The summed E-state index contributed by atoms with van der Waals surface area (Å²) in [4.78, 5) is 16.1. The second-order valence-electron chi connectivity index (χ2n) is 4.46. The van der Waals surface area contributed by atoms with Crippen molar-refractivity contribution in [2.24, 2.45) is 5.10 Å². The maximum atomic E-state index is 12.0. The van der Waals surface area contributed by atoms with Gasteiger partial charge in [0, 0.05) is 10.6 Å². The Morgan fingerprint density at radius 3 is 2.73 bits per heavy atom. The molecule has 0 saturated heterocycles. The highest BCUT2D eigenvalue weighted by molar-refractivity contribution is 6.33. The highest BCUT2D eigenvalue weighted by Crippen LogP contribution is 2.13. The van der Waals surface area contributed by atoms with E-state index in [1.54, 1.807) is 36.4 Å². The molecule has 0 saturated carbocycles. The molecule has 0 aliphatic carbocycles. The second-order valence-corrected chi connectivity index (χ2v) is 4.87. The lowest BCUT2D eigenvalue weighted by Crippen LogP contribution is -2.22. The molecular formula is C15H11ClN4O2. The van der Waals surface area contributed by atoms with Crippen molar-refractivity contribution < 1.29 is 5.21 Å². The van der Waals surface area contributed by atoms with E-state index in [1.165, 1.54) is 6.21 Å². The number of benzene rings is 2. The number of anilines is 1. The van der Waals surface area contributed by atoms with Gasteiger partial charge in [0.15, 0.2) is 0 Å². The predicted octanol–water partition coefficient (Wildman–Crippen LogP) is 2.73. The summed E-state index contributed by atoms with van der Waals surface area (Å²) >= 11 is 6.00. The number of hydrogen-bond donors (Lipinski definition) is 2. The number of hydrazone groups is 1. The van der Waals surface area contributed by atoms with E-state index in [-0.39, 0.29) is 5.95 Å². The Labute approximate surface area is 130 Å². The molecule has 0 fully saturated rings. The number of para-hydroxylation sites is 1. The van der Waals surface area contributed by atoms with Gasteiger partial charge in [0.25, 0.3) is 11.5 Å². The van der Waals surface area contributed by atoms with Crippen LogP contribution in [0.15, 0.2) is 58.4 Å². The molecule has 0 amide bonds. The van der Waals surface area contributed by atoms with Gasteiger partial charge in [-0.2, -0.15) is 5.10 Å². The van der Waals surface area contributed by atoms with Crippen LogP contribution in [0, 0.1) is 0 Å². The average Bonchev–Trinajstić information content (AvgIpc) is 2.54. The number of nitrogens with one attached hydrogen (secondary N) is 1. The molecule has 0 bridgehead atoms. The van der Waals surface area contributed by atoms with Gasteiger partial charge in [-0.3, -0.25) is 4.79 Å². The van der Waals surface area contributed by atoms with Gasteiger partial charge in [-0.25, -0.2) is 10.4 Å². The monoisotopic (exact) mass is 314 g/mol. The van der Waals surface area contributed by atoms with Crippen LogP contribution in [0.1, 0.15) is 5.56 Å². The van der Waals surface area contributed by atoms with Crippen molar-refractivity contribution in [1.29, 1.82) is 0 Å². The van der Waals surface area contributed by atoms with Gasteiger partial charge in [0.05, 0.1) is 17.1 Å². The van der Waals surface area contributed by atoms with E-state index in [1.807, 2.05) is 12.1 Å². The molecule has 1 aromatic heterocycles. The van der Waals surface area contributed by atoms with E-state index in [0.29, 0.717) is 26.2 Å². The molecule has 2 N–H and O–H groups in total. The minimum atomic E-state index is -0.568. The molecule has 0 aliphatic heterocycles. The second kappa shape index (κ2) is 5.87. The average molecular weight is 315 g/mol. The predicted molar refractivity (Wildman–Crippen MR) is 85.9 cm³/mol. The quantitative estimate of drug-likeness (QED) is 0.442. The first-order valence-corrected chi connectivity index (χ1v) is 6.79. The van der Waals surface area contributed by atoms with E-state index >= 15 is 0 Å². The topological polar surface area (TPSA) is 79.5 Å². The number of nitrogens with zero attached hydrogens (tertiary/aromatic N) is 3. The van der Waals surface area contributed by atoms with E-state index in [0.717, 1.165) is 0 Å². The van der Waals surface area contributed by atoms with E-state index in [4.69, 9.17) is 11.6 Å². The van der Waals surface area contributed by atoms with Gasteiger partial charge < -0.3 is 5.21 Å². The number of aromatic nitrogens is 2.